The average Bonchev–Trinajstić information content (AvgIpc) is 1.74. The lowest BCUT2D eigenvalue weighted by Crippen LogP contribution is -2.62. The maximum atomic E-state index is 15.8. The first-order chi connectivity index (χ1) is 70.2. The second-order valence-electron chi connectivity index (χ2n) is 36.9. The third-order valence-electron chi connectivity index (χ3n) is 24.7. The van der Waals surface area contributed by atoms with Gasteiger partial charge in [-0.15, -0.1) is 11.8 Å². The zero-order valence-corrected chi connectivity index (χ0v) is 83.5. The number of likely N-dealkylation sites (N-methyl/N-ethyl adjacent to an activating group) is 1. The maximum absolute atomic E-state index is 15.8. The van der Waals surface area contributed by atoms with Crippen molar-refractivity contribution in [2.75, 3.05) is 89.5 Å². The number of ether oxygens (including phenoxy) is 2. The van der Waals surface area contributed by atoms with E-state index in [4.69, 9.17) is 31.5 Å². The summed E-state index contributed by atoms with van der Waals surface area (Å²) >= 11 is 0.813. The molecule has 3 aliphatic rings. The number of hydrogen-bond acceptors (Lipinski definition) is 25. The zero-order chi connectivity index (χ0) is 107. The fourth-order valence-electron chi connectivity index (χ4n) is 16.7. The molecule has 3 saturated heterocycles. The summed E-state index contributed by atoms with van der Waals surface area (Å²) in [6.07, 6.45) is 3.05. The number of carbonyl (C=O) groups excluding carboxylic acids is 16. The van der Waals surface area contributed by atoms with Gasteiger partial charge in [-0.05, 0) is 114 Å². The van der Waals surface area contributed by atoms with Crippen molar-refractivity contribution in [2.45, 2.75) is 185 Å². The molecule has 10 rings (SSSR count). The van der Waals surface area contributed by atoms with E-state index in [1.165, 1.54) is 61.3 Å². The van der Waals surface area contributed by atoms with Crippen molar-refractivity contribution in [1.29, 1.82) is 5.41 Å². The molecule has 7 aromatic rings. The highest BCUT2D eigenvalue weighted by Gasteiger charge is 2.44. The minimum atomic E-state index is -2.03. The Labute approximate surface area is 852 Å². The van der Waals surface area contributed by atoms with Crippen LogP contribution in [0.2, 0.25) is 0 Å². The zero-order valence-electron chi connectivity index (χ0n) is 82.7. The fourth-order valence-corrected chi connectivity index (χ4v) is 17.5. The number of morpholine rings is 1. The number of nitrogens with zero attached hydrogens (tertiary/aromatic N) is 5. The smallest absolute Gasteiger partial charge is 0.341 e. The van der Waals surface area contributed by atoms with Crippen molar-refractivity contribution in [1.82, 2.24) is 104 Å². The van der Waals surface area contributed by atoms with Crippen LogP contribution in [0.15, 0.2) is 152 Å². The van der Waals surface area contributed by atoms with Crippen molar-refractivity contribution < 1.29 is 106 Å². The number of fused-ring (bicyclic) bond motifs is 1. The van der Waals surface area contributed by atoms with E-state index in [0.29, 0.717) is 33.6 Å². The van der Waals surface area contributed by atoms with Gasteiger partial charge in [-0.2, -0.15) is 0 Å². The van der Waals surface area contributed by atoms with Crippen LogP contribution in [0.5, 0.6) is 5.75 Å². The quantitative estimate of drug-likeness (QED) is 0.0147. The molecule has 3 aliphatic heterocycles. The number of carboxylic acids is 2. The largest absolute Gasteiger partial charge is 0.482 e. The second-order valence-corrected chi connectivity index (χ2v) is 38.0. The summed E-state index contributed by atoms with van der Waals surface area (Å²) in [6, 6.07) is 17.0. The normalized spacial score (nSPS) is 22.1. The molecule has 0 bridgehead atoms. The number of carboxylic acid groups (broad SMARTS) is 2. The molecule has 5 heterocycles. The average molecular weight is 2050 g/mol. The predicted molar refractivity (Wildman–Crippen MR) is 539 cm³/mol. The summed E-state index contributed by atoms with van der Waals surface area (Å²) in [7, 11) is 1.23. The van der Waals surface area contributed by atoms with Crippen LogP contribution in [0.25, 0.3) is 22.3 Å². The Bertz CT molecular complexity index is 5740. The minimum absolute atomic E-state index is 0.0151. The summed E-state index contributed by atoms with van der Waals surface area (Å²) < 4.78 is 10.9. The van der Waals surface area contributed by atoms with E-state index in [1.807, 2.05) is 35.2 Å². The summed E-state index contributed by atoms with van der Waals surface area (Å²) in [4.78, 5) is 278. The Balaban J connectivity index is 1.02. The van der Waals surface area contributed by atoms with Crippen molar-refractivity contribution in [3.8, 4) is 28.0 Å². The van der Waals surface area contributed by atoms with E-state index in [-0.39, 0.29) is 127 Å². The molecule has 47 heteroatoms. The molecule has 0 aliphatic carbocycles. The van der Waals surface area contributed by atoms with Gasteiger partial charge in [-0.1, -0.05) is 145 Å². The van der Waals surface area contributed by atoms with Gasteiger partial charge in [0.2, 0.25) is 88.6 Å². The van der Waals surface area contributed by atoms with Crippen molar-refractivity contribution >= 4 is 130 Å². The van der Waals surface area contributed by atoms with Crippen LogP contribution in [0.3, 0.4) is 0 Å². The number of nitrogens with one attached hydrogen (secondary N) is 17. The molecule has 5 aromatic carbocycles. The molecule has 0 saturated carbocycles. The Morgan fingerprint density at radius 2 is 1.08 bits per heavy atom. The van der Waals surface area contributed by atoms with Gasteiger partial charge in [-0.3, -0.25) is 91.8 Å². The first kappa shape index (κ1) is 113. The number of primary amides is 1. The molecule has 0 unspecified atom stereocenters. The number of rotatable bonds is 31. The lowest BCUT2D eigenvalue weighted by atomic mass is 9.96. The number of aliphatic carboxylic acids is 2. The second kappa shape index (κ2) is 56.0. The summed E-state index contributed by atoms with van der Waals surface area (Å²) in [5.74, 6) is -20.5. The van der Waals surface area contributed by atoms with E-state index >= 15 is 28.8 Å². The molecule has 788 valence electrons. The first-order valence-corrected chi connectivity index (χ1v) is 49.6. The Kier molecular flexibility index (Phi) is 43.1. The number of H-pyrrole nitrogens is 2. The highest BCUT2D eigenvalue weighted by molar-refractivity contribution is 8.00. The third-order valence-corrected chi connectivity index (χ3v) is 25.7. The Hall–Kier alpha value is -15.7. The van der Waals surface area contributed by atoms with Crippen LogP contribution in [0.1, 0.15) is 119 Å². The van der Waals surface area contributed by atoms with E-state index in [2.05, 4.69) is 94.4 Å². The van der Waals surface area contributed by atoms with E-state index in [1.54, 1.807) is 114 Å². The van der Waals surface area contributed by atoms with Gasteiger partial charge in [0.25, 0.3) is 5.91 Å². The Morgan fingerprint density at radius 3 is 1.66 bits per heavy atom. The molecular weight excluding hydrogens is 1920 g/mol. The predicted octanol–water partition coefficient (Wildman–Crippen LogP) is -0.598. The van der Waals surface area contributed by atoms with Crippen molar-refractivity contribution in [3.63, 3.8) is 0 Å². The molecule has 13 atom stereocenters. The number of anilines is 1. The van der Waals surface area contributed by atoms with Crippen molar-refractivity contribution in [3.05, 3.63) is 181 Å². The van der Waals surface area contributed by atoms with Crippen LogP contribution in [-0.4, -0.2) is 314 Å². The molecule has 3 fully saturated rings. The minimum Gasteiger partial charge on any atom is -0.482 e. The van der Waals surface area contributed by atoms with Crippen LogP contribution >= 0.6 is 11.8 Å². The summed E-state index contributed by atoms with van der Waals surface area (Å²) in [6.45, 7) is 8.64. The number of imidazole rings is 2. The van der Waals surface area contributed by atoms with E-state index in [0.717, 1.165) is 27.8 Å². The molecule has 0 radical (unpaired) electrons. The fraction of sp³-hybridized carbons (Fsp3) is 0.450. The third kappa shape index (κ3) is 35.7. The number of benzene rings is 5. The molecular formula is C100H130N24O22S. The number of guanidine groups is 1. The molecule has 0 spiro atoms. The first-order valence-electron chi connectivity index (χ1n) is 48.4. The highest BCUT2D eigenvalue weighted by atomic mass is 32.2. The van der Waals surface area contributed by atoms with Gasteiger partial charge in [0.15, 0.2) is 12.6 Å². The molecule has 23 N–H and O–H groups in total. The number of thioether (sulfide) groups is 1. The van der Waals surface area contributed by atoms with Crippen molar-refractivity contribution in [2.24, 2.45) is 29.2 Å². The van der Waals surface area contributed by atoms with Crippen LogP contribution in [0, 0.1) is 23.2 Å². The summed E-state index contributed by atoms with van der Waals surface area (Å²) in [5.41, 5.74) is 16.1. The van der Waals surface area contributed by atoms with Gasteiger partial charge in [0, 0.05) is 106 Å². The van der Waals surface area contributed by atoms with Gasteiger partial charge in [-0.25, -0.2) is 14.8 Å². The van der Waals surface area contributed by atoms with E-state index < -0.39 is 241 Å². The number of carbonyl (C=O) groups is 18. The topological polar surface area (TPSA) is 678 Å². The number of hydrogen-bond donors (Lipinski definition) is 21. The van der Waals surface area contributed by atoms with Gasteiger partial charge >= 0.3 is 11.9 Å². The number of aromatic amines is 2. The number of amides is 16. The van der Waals surface area contributed by atoms with Gasteiger partial charge < -0.3 is 125 Å². The van der Waals surface area contributed by atoms with Crippen LogP contribution in [0.4, 0.5) is 5.69 Å². The number of aromatic nitrogens is 4. The van der Waals surface area contributed by atoms with Crippen LogP contribution < -0.4 is 90.6 Å². The molecule has 16 amide bonds. The lowest BCUT2D eigenvalue weighted by Gasteiger charge is -2.33. The van der Waals surface area contributed by atoms with Gasteiger partial charge in [0.1, 0.15) is 78.3 Å². The Morgan fingerprint density at radius 1 is 0.551 bits per heavy atom. The van der Waals surface area contributed by atoms with E-state index in [9.17, 15) is 62.6 Å². The lowest BCUT2D eigenvalue weighted by molar-refractivity contribution is -0.144. The molecule has 147 heavy (non-hydrogen) atoms. The summed E-state index contributed by atoms with van der Waals surface area (Å²) in [5, 5.41) is 64.9. The maximum Gasteiger partial charge on any atom is 0.341 e. The van der Waals surface area contributed by atoms with Crippen LogP contribution in [-0.2, 0) is 112 Å². The SMILES string of the molecule is CC[C@H](C)[C@@H]1NC(=O)[C@@H](CCCNC(=N)N)NC(=O)[C@H](CC(=O)O)NC(=O)[C@H](Cc2cnc[nH]2)NC(=O)CN(C)C(=O)[C@H](Cc2ccc(-c3ccc(NC(=O)c4cccc(OCC(=O)O)c4)cc3)cc2)NC(=O)[C@H](Cc2ccc(-c3ccccc3)cc2)NC(=O)[C@H](CN2CCOCC2)NC(=O)CSC[C@@H](C(=O)NCC(N)=O)NC(=O)[C@H](CC(C)C)NC(=O)[C@H](Cc2cnc[nH]2)NC(=O)[C@H](C(C)C)NC(=O)[C@@H]2CCCN2C1=O. The monoisotopic (exact) mass is 2050 g/mol. The molecule has 2 aromatic heterocycles. The van der Waals surface area contributed by atoms with Gasteiger partial charge in [0.05, 0.1) is 51.1 Å². The molecule has 46 nitrogen and oxygen atoms in total. The highest BCUT2D eigenvalue weighted by Crippen LogP contribution is 2.28. The standard InChI is InChI=1S/C100H130N24O22S/c1-8-58(6)86-99(144)124-34-14-20-79(124)96(141)120-85(57(4)5)97(142)117-74(44-68-47-105-55-109-68)93(138)114-71(39-56(2)3)90(135)119-78(88(133)107-48-80(101)125)52-147-53-82(127)112-77(49-123-35-37-145-38-36-123)95(140)115-72(40-59-21-25-62(26-22-59)61-15-10-9-11-16-61)91(136)118-76(41-60-23-27-63(28-24-60)64-29-31-66(32-30-64)110-87(132)65-17-12-18-69(42-65)146-51-84(130)131)98(143)122(7)50-81(126)111-73(43-67-46-104-54-108-67)92(137)116-75(45-83(128)129)94(139)113-70(89(134)121-86)19-13-33-106-100(102)103/h9-12,15-18,21-32,42,46-47,54-58,70-79,85-86H,8,13-14,19-20,33-41,43-45,48-53H2,1-7H3,(H2,101,125)(H,104,108)(H,105,109)(H,107,133)(H,110,132)(H,111,126)(H,112,127)(H,113,139)(H,114,138)(H,115,140)(H,116,137)(H,117,142)(H,118,136)(H,119,135)(H,120,141)(H,121,134)(H,128,129)(H,130,131)(H4,102,103,106)/t58-,70+,71-,72-,73-,74-,75-,76-,77-,78-,79-,85-,86-/m0/s1. The number of nitrogens with two attached hydrogens (primary N) is 2.